The third kappa shape index (κ3) is 3.61. The van der Waals surface area contributed by atoms with Gasteiger partial charge in [0.05, 0.1) is 0 Å². The van der Waals surface area contributed by atoms with E-state index in [1.807, 2.05) is 52.0 Å². The van der Waals surface area contributed by atoms with Crippen LogP contribution < -0.4 is 8.37 Å². The quantitative estimate of drug-likeness (QED) is 0.855. The molecule has 0 amide bonds. The Bertz CT molecular complexity index is 595. The van der Waals surface area contributed by atoms with Gasteiger partial charge >= 0.3 is 11.4 Å². The van der Waals surface area contributed by atoms with Crippen LogP contribution in [0.4, 0.5) is 0 Å². The molecule has 0 heterocycles. The molecule has 2 aromatic rings. The molecule has 0 spiro atoms. The van der Waals surface area contributed by atoms with Crippen LogP contribution >= 0.6 is 0 Å². The molecular weight excluding hydrogens is 272 g/mol. The zero-order valence-corrected chi connectivity index (χ0v) is 12.9. The van der Waals surface area contributed by atoms with Gasteiger partial charge in [-0.1, -0.05) is 35.4 Å². The fraction of sp³-hybridized carbons (Fsp3) is 0.250. The predicted octanol–water partition coefficient (Wildman–Crippen LogP) is 3.96. The number of hydrogen-bond acceptors (Lipinski definition) is 3. The van der Waals surface area contributed by atoms with Crippen molar-refractivity contribution in [2.24, 2.45) is 0 Å². The fourth-order valence-electron chi connectivity index (χ4n) is 1.95. The Kier molecular flexibility index (Phi) is 4.45. The van der Waals surface area contributed by atoms with E-state index in [4.69, 9.17) is 8.37 Å². The first-order chi connectivity index (χ1) is 9.45. The molecule has 4 heteroatoms. The number of benzene rings is 2. The Morgan fingerprint density at radius 1 is 0.750 bits per heavy atom. The van der Waals surface area contributed by atoms with Gasteiger partial charge < -0.3 is 8.37 Å². The van der Waals surface area contributed by atoms with Crippen LogP contribution in [-0.2, 0) is 11.4 Å². The summed E-state index contributed by atoms with van der Waals surface area (Å²) in [5.41, 5.74) is 4.14. The molecule has 106 valence electrons. The Morgan fingerprint density at radius 2 is 1.15 bits per heavy atom. The minimum atomic E-state index is -1.86. The topological polar surface area (TPSA) is 35.5 Å². The van der Waals surface area contributed by atoms with E-state index in [-0.39, 0.29) is 0 Å². The van der Waals surface area contributed by atoms with Gasteiger partial charge in [0.1, 0.15) is 11.5 Å². The van der Waals surface area contributed by atoms with Crippen molar-refractivity contribution < 1.29 is 12.6 Å². The lowest BCUT2D eigenvalue weighted by molar-refractivity contribution is 0.458. The summed E-state index contributed by atoms with van der Waals surface area (Å²) in [5.74, 6) is 1.14. The first-order valence-electron chi connectivity index (χ1n) is 6.38. The number of hydrogen-bond donors (Lipinski definition) is 0. The Balaban J connectivity index is 2.09. The maximum atomic E-state index is 11.9. The highest BCUT2D eigenvalue weighted by Gasteiger charge is 2.10. The van der Waals surface area contributed by atoms with Crippen molar-refractivity contribution in [1.82, 2.24) is 0 Å². The van der Waals surface area contributed by atoms with Gasteiger partial charge in [-0.3, -0.25) is 0 Å². The SMILES string of the molecule is Cc1ccc(OS(=O)Oc2ccc(C)cc2C)c(C)c1. The smallest absolute Gasteiger partial charge is 0.371 e. The van der Waals surface area contributed by atoms with E-state index in [0.29, 0.717) is 11.5 Å². The minimum Gasteiger partial charge on any atom is -0.371 e. The van der Waals surface area contributed by atoms with Gasteiger partial charge in [-0.05, 0) is 51.0 Å². The van der Waals surface area contributed by atoms with E-state index in [1.54, 1.807) is 12.1 Å². The molecule has 0 atom stereocenters. The van der Waals surface area contributed by atoms with E-state index < -0.39 is 11.4 Å². The summed E-state index contributed by atoms with van der Waals surface area (Å²) in [6.45, 7) is 7.83. The summed E-state index contributed by atoms with van der Waals surface area (Å²) in [4.78, 5) is 0. The third-order valence-electron chi connectivity index (χ3n) is 2.98. The molecule has 0 unspecified atom stereocenters. The van der Waals surface area contributed by atoms with Gasteiger partial charge in [0, 0.05) is 0 Å². The minimum absolute atomic E-state index is 0.568. The predicted molar refractivity (Wildman–Crippen MR) is 81.2 cm³/mol. The lowest BCUT2D eigenvalue weighted by atomic mass is 10.1. The van der Waals surface area contributed by atoms with Crippen LogP contribution in [0.2, 0.25) is 0 Å². The Labute approximate surface area is 122 Å². The summed E-state index contributed by atoms with van der Waals surface area (Å²) in [5, 5.41) is 0. The zero-order chi connectivity index (χ0) is 14.7. The molecular formula is C16H18O3S. The molecule has 2 aromatic carbocycles. The number of aryl methyl sites for hydroxylation is 4. The molecule has 0 fully saturated rings. The summed E-state index contributed by atoms with van der Waals surface area (Å²) < 4.78 is 22.6. The molecule has 3 nitrogen and oxygen atoms in total. The lowest BCUT2D eigenvalue weighted by Crippen LogP contribution is -2.09. The van der Waals surface area contributed by atoms with Crippen LogP contribution in [0.25, 0.3) is 0 Å². The largest absolute Gasteiger partial charge is 0.417 e. The van der Waals surface area contributed by atoms with Crippen molar-refractivity contribution in [2.75, 3.05) is 0 Å². The van der Waals surface area contributed by atoms with E-state index in [9.17, 15) is 4.21 Å². The summed E-state index contributed by atoms with van der Waals surface area (Å²) in [7, 11) is 0. The maximum absolute atomic E-state index is 11.9. The molecule has 0 radical (unpaired) electrons. The van der Waals surface area contributed by atoms with E-state index >= 15 is 0 Å². The Hall–Kier alpha value is -1.81. The maximum Gasteiger partial charge on any atom is 0.417 e. The van der Waals surface area contributed by atoms with Crippen LogP contribution in [0.1, 0.15) is 22.3 Å². The van der Waals surface area contributed by atoms with Crippen LogP contribution in [-0.4, -0.2) is 4.21 Å². The van der Waals surface area contributed by atoms with Crippen molar-refractivity contribution in [3.8, 4) is 11.5 Å². The van der Waals surface area contributed by atoms with Gasteiger partial charge in [0.15, 0.2) is 0 Å². The molecule has 20 heavy (non-hydrogen) atoms. The molecule has 0 aromatic heterocycles. The first-order valence-corrected chi connectivity index (χ1v) is 7.38. The Morgan fingerprint density at radius 3 is 1.50 bits per heavy atom. The molecule has 0 saturated carbocycles. The lowest BCUT2D eigenvalue weighted by Gasteiger charge is -2.10. The van der Waals surface area contributed by atoms with Gasteiger partial charge in [-0.15, -0.1) is 0 Å². The molecule has 0 aliphatic rings. The standard InChI is InChI=1S/C16H18O3S/c1-11-5-7-15(13(3)9-11)18-20(17)19-16-8-6-12(2)10-14(16)4/h5-10H,1-4H3. The van der Waals surface area contributed by atoms with Crippen molar-refractivity contribution in [1.29, 1.82) is 0 Å². The first kappa shape index (κ1) is 14.6. The molecule has 0 bridgehead atoms. The van der Waals surface area contributed by atoms with Crippen molar-refractivity contribution in [3.05, 3.63) is 58.7 Å². The van der Waals surface area contributed by atoms with E-state index in [1.165, 1.54) is 0 Å². The molecule has 0 aliphatic heterocycles. The monoisotopic (exact) mass is 290 g/mol. The second-order valence-electron chi connectivity index (χ2n) is 4.91. The van der Waals surface area contributed by atoms with Gasteiger partial charge in [0.25, 0.3) is 0 Å². The van der Waals surface area contributed by atoms with Crippen LogP contribution in [0.5, 0.6) is 11.5 Å². The van der Waals surface area contributed by atoms with Crippen molar-refractivity contribution in [2.45, 2.75) is 27.7 Å². The van der Waals surface area contributed by atoms with Gasteiger partial charge in [-0.25, -0.2) is 0 Å². The van der Waals surface area contributed by atoms with Crippen LogP contribution in [0.3, 0.4) is 0 Å². The molecule has 0 N–H and O–H groups in total. The number of rotatable bonds is 4. The van der Waals surface area contributed by atoms with E-state index in [2.05, 4.69) is 0 Å². The highest BCUT2D eigenvalue weighted by Crippen LogP contribution is 2.23. The van der Waals surface area contributed by atoms with Gasteiger partial charge in [0.2, 0.25) is 0 Å². The second kappa shape index (κ2) is 6.09. The average Bonchev–Trinajstić information content (AvgIpc) is 2.36. The van der Waals surface area contributed by atoms with Crippen LogP contribution in [0, 0.1) is 27.7 Å². The normalized spacial score (nSPS) is 10.7. The highest BCUT2D eigenvalue weighted by atomic mass is 32.2. The zero-order valence-electron chi connectivity index (χ0n) is 12.1. The molecule has 0 aliphatic carbocycles. The van der Waals surface area contributed by atoms with E-state index in [0.717, 1.165) is 22.3 Å². The third-order valence-corrected chi connectivity index (χ3v) is 3.61. The summed E-state index contributed by atoms with van der Waals surface area (Å²) in [6.07, 6.45) is 0. The van der Waals surface area contributed by atoms with Gasteiger partial charge in [-0.2, -0.15) is 4.21 Å². The van der Waals surface area contributed by atoms with Crippen molar-refractivity contribution >= 4 is 11.4 Å². The average molecular weight is 290 g/mol. The molecule has 0 saturated heterocycles. The van der Waals surface area contributed by atoms with Crippen molar-refractivity contribution in [3.63, 3.8) is 0 Å². The summed E-state index contributed by atoms with van der Waals surface area (Å²) >= 11 is -1.86. The summed E-state index contributed by atoms with van der Waals surface area (Å²) in [6, 6.07) is 11.4. The fourth-order valence-corrected chi connectivity index (χ4v) is 2.65. The second-order valence-corrected chi connectivity index (χ2v) is 5.65. The van der Waals surface area contributed by atoms with Crippen LogP contribution in [0.15, 0.2) is 36.4 Å². The highest BCUT2D eigenvalue weighted by molar-refractivity contribution is 7.75. The molecule has 2 rings (SSSR count).